The van der Waals surface area contributed by atoms with E-state index in [2.05, 4.69) is 0 Å². The molecule has 124 valence electrons. The van der Waals surface area contributed by atoms with Crippen LogP contribution >= 0.6 is 11.3 Å². The van der Waals surface area contributed by atoms with E-state index in [1.165, 1.54) is 0 Å². The van der Waals surface area contributed by atoms with Gasteiger partial charge in [0.15, 0.2) is 0 Å². The summed E-state index contributed by atoms with van der Waals surface area (Å²) in [5, 5.41) is 12.4. The minimum atomic E-state index is -0.774. The van der Waals surface area contributed by atoms with Gasteiger partial charge in [-0.05, 0) is 29.3 Å². The van der Waals surface area contributed by atoms with Gasteiger partial charge in [-0.2, -0.15) is 0 Å². The first kappa shape index (κ1) is 17.5. The Kier molecular flexibility index (Phi) is 5.15. The zero-order valence-corrected chi connectivity index (χ0v) is 14.9. The van der Waals surface area contributed by atoms with Gasteiger partial charge >= 0.3 is 0 Å². The highest BCUT2D eigenvalue weighted by atomic mass is 32.1. The number of aromatic hydroxyl groups is 1. The Hall–Kier alpha value is -1.81. The topological polar surface area (TPSA) is 63.3 Å². The van der Waals surface area contributed by atoms with Gasteiger partial charge in [-0.25, -0.2) is 0 Å². The first-order valence-corrected chi connectivity index (χ1v) is 8.82. The van der Waals surface area contributed by atoms with Gasteiger partial charge < -0.3 is 10.8 Å². The fourth-order valence-electron chi connectivity index (χ4n) is 3.88. The van der Waals surface area contributed by atoms with Crippen LogP contribution in [0.5, 0.6) is 5.75 Å². The smallest absolute Gasteiger partial charge is 0.225 e. The molecule has 1 amide bonds. The molecule has 3 nitrogen and oxygen atoms in total. The van der Waals surface area contributed by atoms with Gasteiger partial charge in [-0.3, -0.25) is 4.79 Å². The molecule has 0 fully saturated rings. The minimum absolute atomic E-state index is 0.0340. The second-order valence-electron chi connectivity index (χ2n) is 6.61. The molecule has 0 aliphatic heterocycles. The zero-order chi connectivity index (χ0) is 17.2. The van der Waals surface area contributed by atoms with Crippen LogP contribution in [0.3, 0.4) is 0 Å². The highest BCUT2D eigenvalue weighted by molar-refractivity contribution is 7.10. The highest BCUT2D eigenvalue weighted by Crippen LogP contribution is 2.53. The fraction of sp³-hybridized carbons (Fsp3) is 0.421. The normalized spacial score (nSPS) is 13.5. The van der Waals surface area contributed by atoms with Crippen LogP contribution in [0, 0.1) is 17.3 Å². The predicted molar refractivity (Wildman–Crippen MR) is 95.6 cm³/mol. The third-order valence-corrected chi connectivity index (χ3v) is 5.83. The molecule has 0 aliphatic carbocycles. The molecule has 23 heavy (non-hydrogen) atoms. The molecule has 0 spiro atoms. The summed E-state index contributed by atoms with van der Waals surface area (Å²) < 4.78 is 0. The van der Waals surface area contributed by atoms with Crippen molar-refractivity contribution in [3.8, 4) is 5.75 Å². The summed E-state index contributed by atoms with van der Waals surface area (Å²) in [5.74, 6) is -0.304. The highest BCUT2D eigenvalue weighted by Gasteiger charge is 2.51. The molecule has 1 atom stereocenters. The zero-order valence-electron chi connectivity index (χ0n) is 14.1. The van der Waals surface area contributed by atoms with Crippen molar-refractivity contribution < 1.29 is 9.90 Å². The summed E-state index contributed by atoms with van der Waals surface area (Å²) >= 11 is 1.59. The standard InChI is InChI=1S/C19H25NO2S/c1-12(2)19(13(3)4,18(20)22)17(16-10-7-11-23-16)14-8-5-6-9-15(14)21/h5-13,17,21H,1-4H3,(H2,20,22). The van der Waals surface area contributed by atoms with Crippen LogP contribution in [0.25, 0.3) is 0 Å². The molecule has 3 N–H and O–H groups in total. The monoisotopic (exact) mass is 331 g/mol. The van der Waals surface area contributed by atoms with Gasteiger partial charge in [-0.1, -0.05) is 52.0 Å². The number of nitrogens with two attached hydrogens (primary N) is 1. The number of phenols is 1. The molecule has 0 bridgehead atoms. The van der Waals surface area contributed by atoms with Gasteiger partial charge in [0.1, 0.15) is 5.75 Å². The van der Waals surface area contributed by atoms with Crippen molar-refractivity contribution in [2.45, 2.75) is 33.6 Å². The molecule has 2 aromatic rings. The Morgan fingerprint density at radius 1 is 1.09 bits per heavy atom. The van der Waals surface area contributed by atoms with E-state index in [0.717, 1.165) is 10.4 Å². The van der Waals surface area contributed by atoms with Crippen LogP contribution in [0.1, 0.15) is 44.1 Å². The number of para-hydroxylation sites is 1. The molecule has 1 aromatic heterocycles. The maximum Gasteiger partial charge on any atom is 0.225 e. The SMILES string of the molecule is CC(C)C(C(N)=O)(C(C)C)C(c1cccs1)c1ccccc1O. The van der Waals surface area contributed by atoms with Crippen LogP contribution in [0.15, 0.2) is 41.8 Å². The van der Waals surface area contributed by atoms with Crippen molar-refractivity contribution in [1.29, 1.82) is 0 Å². The van der Waals surface area contributed by atoms with E-state index >= 15 is 0 Å². The second-order valence-corrected chi connectivity index (χ2v) is 7.59. The third-order valence-electron chi connectivity index (χ3n) is 4.89. The number of hydrogen-bond donors (Lipinski definition) is 2. The summed E-state index contributed by atoms with van der Waals surface area (Å²) in [6.07, 6.45) is 0. The number of primary amides is 1. The number of phenolic OH excluding ortho intramolecular Hbond substituents is 1. The van der Waals surface area contributed by atoms with Crippen LogP contribution in [0.4, 0.5) is 0 Å². The fourth-order valence-corrected chi connectivity index (χ4v) is 4.81. The first-order valence-electron chi connectivity index (χ1n) is 7.94. The van der Waals surface area contributed by atoms with E-state index in [0.29, 0.717) is 0 Å². The van der Waals surface area contributed by atoms with Crippen molar-refractivity contribution in [1.82, 2.24) is 0 Å². The molecular formula is C19H25NO2S. The number of thiophene rings is 1. The van der Waals surface area contributed by atoms with Gasteiger partial charge in [-0.15, -0.1) is 11.3 Å². The number of carbonyl (C=O) groups excluding carboxylic acids is 1. The number of amides is 1. The Morgan fingerprint density at radius 3 is 2.13 bits per heavy atom. The average molecular weight is 331 g/mol. The molecule has 1 heterocycles. The van der Waals surface area contributed by atoms with Gasteiger partial charge in [0.25, 0.3) is 0 Å². The lowest BCUT2D eigenvalue weighted by atomic mass is 9.58. The molecule has 0 saturated heterocycles. The summed E-state index contributed by atoms with van der Waals surface area (Å²) in [6, 6.07) is 11.2. The Bertz CT molecular complexity index is 654. The van der Waals surface area contributed by atoms with Crippen LogP contribution in [0.2, 0.25) is 0 Å². The van der Waals surface area contributed by atoms with E-state index in [1.54, 1.807) is 23.5 Å². The Morgan fingerprint density at radius 2 is 1.70 bits per heavy atom. The summed E-state index contributed by atoms with van der Waals surface area (Å²) in [7, 11) is 0. The van der Waals surface area contributed by atoms with Crippen molar-refractivity contribution >= 4 is 17.2 Å². The summed E-state index contributed by atoms with van der Waals surface area (Å²) in [6.45, 7) is 8.13. The largest absolute Gasteiger partial charge is 0.508 e. The molecule has 0 saturated carbocycles. The van der Waals surface area contributed by atoms with Crippen LogP contribution < -0.4 is 5.73 Å². The van der Waals surface area contributed by atoms with Crippen LogP contribution in [-0.2, 0) is 4.79 Å². The van der Waals surface area contributed by atoms with E-state index in [4.69, 9.17) is 5.73 Å². The van der Waals surface area contributed by atoms with Crippen LogP contribution in [-0.4, -0.2) is 11.0 Å². The third kappa shape index (κ3) is 2.88. The predicted octanol–water partition coefficient (Wildman–Crippen LogP) is 4.37. The Balaban J connectivity index is 2.79. The van der Waals surface area contributed by atoms with Crippen molar-refractivity contribution in [2.24, 2.45) is 23.0 Å². The van der Waals surface area contributed by atoms with E-state index in [1.807, 2.05) is 57.3 Å². The molecule has 0 aliphatic rings. The number of benzene rings is 1. The molecule has 0 radical (unpaired) electrons. The maximum atomic E-state index is 12.7. The van der Waals surface area contributed by atoms with Crippen molar-refractivity contribution in [3.05, 3.63) is 52.2 Å². The molecule has 4 heteroatoms. The van der Waals surface area contributed by atoms with Gasteiger partial charge in [0.05, 0.1) is 5.41 Å². The second kappa shape index (κ2) is 6.75. The number of carbonyl (C=O) groups is 1. The Labute approximate surface area is 142 Å². The number of hydrogen-bond acceptors (Lipinski definition) is 3. The quantitative estimate of drug-likeness (QED) is 0.825. The lowest BCUT2D eigenvalue weighted by molar-refractivity contribution is -0.134. The first-order chi connectivity index (χ1) is 10.8. The summed E-state index contributed by atoms with van der Waals surface area (Å²) in [4.78, 5) is 13.7. The van der Waals surface area contributed by atoms with E-state index < -0.39 is 5.41 Å². The van der Waals surface area contributed by atoms with E-state index in [9.17, 15) is 9.90 Å². The van der Waals surface area contributed by atoms with E-state index in [-0.39, 0.29) is 29.4 Å². The maximum absolute atomic E-state index is 12.7. The van der Waals surface area contributed by atoms with Gasteiger partial charge in [0, 0.05) is 16.4 Å². The molecule has 1 unspecified atom stereocenters. The number of rotatable bonds is 6. The van der Waals surface area contributed by atoms with Crippen molar-refractivity contribution in [2.75, 3.05) is 0 Å². The molecular weight excluding hydrogens is 306 g/mol. The lowest BCUT2D eigenvalue weighted by Crippen LogP contribution is -2.50. The molecule has 2 rings (SSSR count). The lowest BCUT2D eigenvalue weighted by Gasteiger charge is -2.45. The average Bonchev–Trinajstić information content (AvgIpc) is 2.98. The van der Waals surface area contributed by atoms with Gasteiger partial charge in [0.2, 0.25) is 5.91 Å². The van der Waals surface area contributed by atoms with Crippen molar-refractivity contribution in [3.63, 3.8) is 0 Å². The molecule has 1 aromatic carbocycles. The minimum Gasteiger partial charge on any atom is -0.508 e. The summed E-state index contributed by atoms with van der Waals surface area (Å²) in [5.41, 5.74) is 5.94.